The van der Waals surface area contributed by atoms with Crippen molar-refractivity contribution in [2.24, 2.45) is 0 Å². The van der Waals surface area contributed by atoms with E-state index in [1.807, 2.05) is 6.07 Å². The molecule has 0 fully saturated rings. The molecule has 2 aromatic rings. The molecule has 144 valence electrons. The fraction of sp³-hybridized carbons (Fsp3) is 0.190. The summed E-state index contributed by atoms with van der Waals surface area (Å²) in [4.78, 5) is 34.5. The third kappa shape index (κ3) is 6.18. The van der Waals surface area contributed by atoms with Gasteiger partial charge in [-0.2, -0.15) is 0 Å². The van der Waals surface area contributed by atoms with E-state index in [1.165, 1.54) is 12.1 Å². The summed E-state index contributed by atoms with van der Waals surface area (Å²) in [5.41, 5.74) is 0.854. The molecule has 0 saturated carbocycles. The van der Waals surface area contributed by atoms with Gasteiger partial charge in [0.15, 0.2) is 0 Å². The number of aromatic carboxylic acids is 2. The first kappa shape index (κ1) is 20.5. The molecule has 0 saturated heterocycles. The first-order valence-corrected chi connectivity index (χ1v) is 8.67. The van der Waals surface area contributed by atoms with Gasteiger partial charge in [0.2, 0.25) is 0 Å². The Morgan fingerprint density at radius 2 is 1.57 bits per heavy atom. The molecule has 2 aromatic carbocycles. The summed E-state index contributed by atoms with van der Waals surface area (Å²) in [6, 6.07) is 9.75. The number of amides is 2. The van der Waals surface area contributed by atoms with Crippen LogP contribution in [0.15, 0.2) is 42.5 Å². The SMILES string of the molecule is CCCCC#Cc1cccc(NC(=O)Nc2cc(C(=O)O)cc(C(=O)O)c2)c1. The molecule has 0 aliphatic heterocycles. The van der Waals surface area contributed by atoms with E-state index in [9.17, 15) is 14.4 Å². The standard InChI is InChI=1S/C21H20N2O5/c1-2-3-4-5-7-14-8-6-9-17(10-14)22-21(28)23-18-12-15(19(24)25)11-16(13-18)20(26)27/h6,8-13H,2-4H2,1H3,(H,24,25)(H,26,27)(H2,22,23,28). The zero-order valence-corrected chi connectivity index (χ0v) is 15.3. The molecule has 4 N–H and O–H groups in total. The van der Waals surface area contributed by atoms with Gasteiger partial charge < -0.3 is 20.8 Å². The summed E-state index contributed by atoms with van der Waals surface area (Å²) >= 11 is 0. The van der Waals surface area contributed by atoms with Gasteiger partial charge in [0, 0.05) is 23.4 Å². The lowest BCUT2D eigenvalue weighted by atomic mass is 10.1. The number of carbonyl (C=O) groups excluding carboxylic acids is 1. The lowest BCUT2D eigenvalue weighted by Gasteiger charge is -2.09. The molecule has 7 nitrogen and oxygen atoms in total. The summed E-state index contributed by atoms with van der Waals surface area (Å²) in [5.74, 6) is 3.52. The minimum absolute atomic E-state index is 0.0605. The smallest absolute Gasteiger partial charge is 0.335 e. The second-order valence-electron chi connectivity index (χ2n) is 5.97. The van der Waals surface area contributed by atoms with E-state index in [-0.39, 0.29) is 16.8 Å². The van der Waals surface area contributed by atoms with Crippen LogP contribution in [-0.2, 0) is 0 Å². The normalized spacial score (nSPS) is 9.75. The van der Waals surface area contributed by atoms with E-state index in [2.05, 4.69) is 29.4 Å². The molecule has 2 amide bonds. The molecule has 28 heavy (non-hydrogen) atoms. The number of rotatable bonds is 6. The molecule has 0 aromatic heterocycles. The van der Waals surface area contributed by atoms with Gasteiger partial charge in [0.1, 0.15) is 0 Å². The Kier molecular flexibility index (Phi) is 7.17. The third-order valence-electron chi connectivity index (χ3n) is 3.69. The predicted molar refractivity (Wildman–Crippen MR) is 106 cm³/mol. The zero-order chi connectivity index (χ0) is 20.5. The van der Waals surface area contributed by atoms with E-state index in [4.69, 9.17) is 10.2 Å². The molecule has 0 radical (unpaired) electrons. The fourth-order valence-electron chi connectivity index (χ4n) is 2.34. The molecule has 7 heteroatoms. The highest BCUT2D eigenvalue weighted by atomic mass is 16.4. The fourth-order valence-corrected chi connectivity index (χ4v) is 2.34. The summed E-state index contributed by atoms with van der Waals surface area (Å²) in [5, 5.41) is 23.2. The Morgan fingerprint density at radius 1 is 0.929 bits per heavy atom. The van der Waals surface area contributed by atoms with Crippen molar-refractivity contribution in [3.8, 4) is 11.8 Å². The van der Waals surface area contributed by atoms with Crippen LogP contribution in [0.2, 0.25) is 0 Å². The van der Waals surface area contributed by atoms with Crippen LogP contribution in [0.1, 0.15) is 52.5 Å². The van der Waals surface area contributed by atoms with Crippen LogP contribution < -0.4 is 10.6 Å². The van der Waals surface area contributed by atoms with Gasteiger partial charge in [-0.05, 0) is 42.8 Å². The average molecular weight is 380 g/mol. The second kappa shape index (κ2) is 9.78. The van der Waals surface area contributed by atoms with E-state index >= 15 is 0 Å². The maximum atomic E-state index is 12.2. The van der Waals surface area contributed by atoms with Crippen molar-refractivity contribution < 1.29 is 24.6 Å². The lowest BCUT2D eigenvalue weighted by Crippen LogP contribution is -2.20. The van der Waals surface area contributed by atoms with Crippen LogP contribution in [0.5, 0.6) is 0 Å². The lowest BCUT2D eigenvalue weighted by molar-refractivity contribution is 0.0696. The first-order chi connectivity index (χ1) is 13.4. The van der Waals surface area contributed by atoms with Crippen LogP contribution in [0.4, 0.5) is 16.2 Å². The maximum absolute atomic E-state index is 12.2. The van der Waals surface area contributed by atoms with Crippen LogP contribution in [0.3, 0.4) is 0 Å². The topological polar surface area (TPSA) is 116 Å². The summed E-state index contributed by atoms with van der Waals surface area (Å²) in [6.45, 7) is 2.09. The van der Waals surface area contributed by atoms with Gasteiger partial charge in [-0.3, -0.25) is 0 Å². The molecule has 2 rings (SSSR count). The van der Waals surface area contributed by atoms with Crippen molar-refractivity contribution in [1.82, 2.24) is 0 Å². The minimum Gasteiger partial charge on any atom is -0.478 e. The quantitative estimate of drug-likeness (QED) is 0.441. The van der Waals surface area contributed by atoms with Gasteiger partial charge in [0.25, 0.3) is 0 Å². The minimum atomic E-state index is -1.29. The van der Waals surface area contributed by atoms with Gasteiger partial charge in [-0.1, -0.05) is 31.3 Å². The molecule has 0 aliphatic rings. The highest BCUT2D eigenvalue weighted by Gasteiger charge is 2.13. The van der Waals surface area contributed by atoms with E-state index in [0.29, 0.717) is 5.69 Å². The Bertz CT molecular complexity index is 925. The summed E-state index contributed by atoms with van der Waals surface area (Å²) in [7, 11) is 0. The van der Waals surface area contributed by atoms with Crippen LogP contribution in [-0.4, -0.2) is 28.2 Å². The number of nitrogens with one attached hydrogen (secondary N) is 2. The Morgan fingerprint density at radius 3 is 2.18 bits per heavy atom. The molecule has 0 atom stereocenters. The number of carboxylic acids is 2. The highest BCUT2D eigenvalue weighted by molar-refractivity contribution is 6.02. The number of hydrogen-bond acceptors (Lipinski definition) is 3. The van der Waals surface area contributed by atoms with Gasteiger partial charge >= 0.3 is 18.0 Å². The van der Waals surface area contributed by atoms with Gasteiger partial charge in [-0.15, -0.1) is 0 Å². The number of carboxylic acid groups (broad SMARTS) is 2. The van der Waals surface area contributed by atoms with Crippen LogP contribution >= 0.6 is 0 Å². The van der Waals surface area contributed by atoms with Crippen molar-refractivity contribution in [2.45, 2.75) is 26.2 Å². The predicted octanol–water partition coefficient (Wildman–Crippen LogP) is 4.27. The Labute approximate surface area is 162 Å². The van der Waals surface area contributed by atoms with E-state index < -0.39 is 18.0 Å². The zero-order valence-electron chi connectivity index (χ0n) is 15.3. The van der Waals surface area contributed by atoms with Crippen molar-refractivity contribution >= 4 is 29.3 Å². The number of benzene rings is 2. The molecular formula is C21H20N2O5. The largest absolute Gasteiger partial charge is 0.478 e. The first-order valence-electron chi connectivity index (χ1n) is 8.67. The summed E-state index contributed by atoms with van der Waals surface area (Å²) < 4.78 is 0. The molecule has 0 heterocycles. The highest BCUT2D eigenvalue weighted by Crippen LogP contribution is 2.17. The second-order valence-corrected chi connectivity index (χ2v) is 5.97. The average Bonchev–Trinajstić information content (AvgIpc) is 2.65. The van der Waals surface area contributed by atoms with E-state index in [0.717, 1.165) is 30.9 Å². The number of hydrogen-bond donors (Lipinski definition) is 4. The maximum Gasteiger partial charge on any atom is 0.335 e. The van der Waals surface area contributed by atoms with Crippen molar-refractivity contribution in [3.63, 3.8) is 0 Å². The number of anilines is 2. The number of urea groups is 1. The Hall–Kier alpha value is -3.79. The summed E-state index contributed by atoms with van der Waals surface area (Å²) in [6.07, 6.45) is 2.91. The third-order valence-corrected chi connectivity index (χ3v) is 3.69. The van der Waals surface area contributed by atoms with Crippen LogP contribution in [0.25, 0.3) is 0 Å². The van der Waals surface area contributed by atoms with Crippen LogP contribution in [0, 0.1) is 11.8 Å². The number of unbranched alkanes of at least 4 members (excludes halogenated alkanes) is 2. The van der Waals surface area contributed by atoms with E-state index in [1.54, 1.807) is 18.2 Å². The molecule has 0 aliphatic carbocycles. The van der Waals surface area contributed by atoms with Crippen molar-refractivity contribution in [2.75, 3.05) is 10.6 Å². The molecular weight excluding hydrogens is 360 g/mol. The molecule has 0 spiro atoms. The monoisotopic (exact) mass is 380 g/mol. The van der Waals surface area contributed by atoms with Gasteiger partial charge in [-0.25, -0.2) is 14.4 Å². The Balaban J connectivity index is 2.11. The number of carbonyl (C=O) groups is 3. The van der Waals surface area contributed by atoms with Crippen molar-refractivity contribution in [1.29, 1.82) is 0 Å². The van der Waals surface area contributed by atoms with Crippen molar-refractivity contribution in [3.05, 3.63) is 59.2 Å². The van der Waals surface area contributed by atoms with Gasteiger partial charge in [0.05, 0.1) is 11.1 Å². The molecule has 0 unspecified atom stereocenters. The molecule has 0 bridgehead atoms.